The van der Waals surface area contributed by atoms with Crippen LogP contribution in [0.2, 0.25) is 0 Å². The molecule has 0 radical (unpaired) electrons. The van der Waals surface area contributed by atoms with E-state index in [0.717, 1.165) is 44.9 Å². The highest BCUT2D eigenvalue weighted by molar-refractivity contribution is 5.43. The number of benzene rings is 1. The van der Waals surface area contributed by atoms with Gasteiger partial charge in [-0.15, -0.1) is 0 Å². The monoisotopic (exact) mass is 302 g/mol. The second-order valence-electron chi connectivity index (χ2n) is 7.66. The van der Waals surface area contributed by atoms with E-state index >= 15 is 0 Å². The average Bonchev–Trinajstić information content (AvgIpc) is 2.48. The fourth-order valence-corrected chi connectivity index (χ4v) is 5.35. The Balaban J connectivity index is 1.98. The van der Waals surface area contributed by atoms with E-state index in [1.807, 2.05) is 12.1 Å². The Hall–Kier alpha value is -1.02. The van der Waals surface area contributed by atoms with Gasteiger partial charge in [0.05, 0.1) is 5.60 Å². The zero-order chi connectivity index (χ0) is 15.8. The van der Waals surface area contributed by atoms with Crippen molar-refractivity contribution in [2.75, 3.05) is 0 Å². The van der Waals surface area contributed by atoms with Gasteiger partial charge in [-0.1, -0.05) is 32.8 Å². The predicted molar refractivity (Wildman–Crippen MR) is 90.2 cm³/mol. The van der Waals surface area contributed by atoms with Crippen molar-refractivity contribution in [3.63, 3.8) is 0 Å². The number of aromatic hydroxyl groups is 1. The van der Waals surface area contributed by atoms with Gasteiger partial charge in [0, 0.05) is 0 Å². The summed E-state index contributed by atoms with van der Waals surface area (Å²) >= 11 is 0. The first-order valence-corrected chi connectivity index (χ1v) is 9.08. The molecular weight excluding hydrogens is 272 g/mol. The summed E-state index contributed by atoms with van der Waals surface area (Å²) in [6, 6.07) is 5.98. The molecule has 2 N–H and O–H groups in total. The smallest absolute Gasteiger partial charge is 0.115 e. The van der Waals surface area contributed by atoms with E-state index in [1.165, 1.54) is 24.0 Å². The van der Waals surface area contributed by atoms with Crippen LogP contribution in [0.25, 0.3) is 0 Å². The SMILES string of the molecule is CCC[C@]1(O)CC[C@@]2(CCC)c3ccc(O)cc3CC[C@H]2C1. The topological polar surface area (TPSA) is 40.5 Å². The van der Waals surface area contributed by atoms with Crippen molar-refractivity contribution < 1.29 is 10.2 Å². The van der Waals surface area contributed by atoms with Gasteiger partial charge in [0.25, 0.3) is 0 Å². The number of phenolic OH excluding ortho intramolecular Hbond substituents is 1. The standard InChI is InChI=1S/C20H30O2/c1-3-9-19(22)11-12-20(10-4-2)16(14-19)6-5-15-13-17(21)7-8-18(15)20/h7-8,13,16,21-22H,3-6,9-12,14H2,1-2H3/t16-,19-,20+/m0/s1. The zero-order valence-electron chi connectivity index (χ0n) is 14.1. The van der Waals surface area contributed by atoms with E-state index in [0.29, 0.717) is 11.7 Å². The maximum absolute atomic E-state index is 10.9. The van der Waals surface area contributed by atoms with Crippen LogP contribution in [0.3, 0.4) is 0 Å². The van der Waals surface area contributed by atoms with Gasteiger partial charge in [-0.3, -0.25) is 0 Å². The summed E-state index contributed by atoms with van der Waals surface area (Å²) in [6.07, 6.45) is 9.58. The van der Waals surface area contributed by atoms with E-state index in [2.05, 4.69) is 19.9 Å². The third-order valence-corrected chi connectivity index (χ3v) is 6.24. The summed E-state index contributed by atoms with van der Waals surface area (Å²) in [4.78, 5) is 0. The van der Waals surface area contributed by atoms with Crippen LogP contribution in [0, 0.1) is 5.92 Å². The van der Waals surface area contributed by atoms with Crippen molar-refractivity contribution in [3.05, 3.63) is 29.3 Å². The van der Waals surface area contributed by atoms with E-state index < -0.39 is 5.60 Å². The van der Waals surface area contributed by atoms with E-state index in [-0.39, 0.29) is 5.41 Å². The van der Waals surface area contributed by atoms with Crippen LogP contribution in [0.5, 0.6) is 5.75 Å². The lowest BCUT2D eigenvalue weighted by Crippen LogP contribution is -2.50. The number of hydrogen-bond donors (Lipinski definition) is 2. The first-order chi connectivity index (χ1) is 10.5. The van der Waals surface area contributed by atoms with Gasteiger partial charge < -0.3 is 10.2 Å². The molecule has 0 aliphatic heterocycles. The Morgan fingerprint density at radius 2 is 1.91 bits per heavy atom. The quantitative estimate of drug-likeness (QED) is 0.845. The van der Waals surface area contributed by atoms with Gasteiger partial charge in [-0.2, -0.15) is 0 Å². The minimum absolute atomic E-state index is 0.232. The number of rotatable bonds is 4. The lowest BCUT2D eigenvalue weighted by molar-refractivity contribution is -0.0585. The Labute approximate surface area is 134 Å². The summed E-state index contributed by atoms with van der Waals surface area (Å²) in [6.45, 7) is 4.44. The molecule has 3 rings (SSSR count). The van der Waals surface area contributed by atoms with Crippen LogP contribution in [0.1, 0.15) is 76.3 Å². The van der Waals surface area contributed by atoms with Crippen molar-refractivity contribution in [2.45, 2.75) is 82.7 Å². The van der Waals surface area contributed by atoms with Crippen LogP contribution in [-0.4, -0.2) is 15.8 Å². The van der Waals surface area contributed by atoms with Crippen molar-refractivity contribution in [3.8, 4) is 5.75 Å². The van der Waals surface area contributed by atoms with Crippen molar-refractivity contribution in [2.24, 2.45) is 5.92 Å². The second-order valence-corrected chi connectivity index (χ2v) is 7.66. The maximum Gasteiger partial charge on any atom is 0.115 e. The van der Waals surface area contributed by atoms with Gasteiger partial charge in [0.15, 0.2) is 0 Å². The highest BCUT2D eigenvalue weighted by Gasteiger charge is 2.50. The minimum atomic E-state index is -0.439. The fourth-order valence-electron chi connectivity index (χ4n) is 5.35. The van der Waals surface area contributed by atoms with E-state index in [4.69, 9.17) is 0 Å². The average molecular weight is 302 g/mol. The van der Waals surface area contributed by atoms with Gasteiger partial charge in [-0.25, -0.2) is 0 Å². The number of fused-ring (bicyclic) bond motifs is 3. The predicted octanol–water partition coefficient (Wildman–Crippen LogP) is 4.71. The summed E-state index contributed by atoms with van der Waals surface area (Å²) in [5.41, 5.74) is 2.59. The molecule has 122 valence electrons. The van der Waals surface area contributed by atoms with Crippen LogP contribution in [0.4, 0.5) is 0 Å². The first kappa shape index (κ1) is 15.9. The van der Waals surface area contributed by atoms with Crippen LogP contribution >= 0.6 is 0 Å². The normalized spacial score (nSPS) is 34.0. The second kappa shape index (κ2) is 5.88. The molecule has 0 heterocycles. The fraction of sp³-hybridized carbons (Fsp3) is 0.700. The Kier molecular flexibility index (Phi) is 4.24. The first-order valence-electron chi connectivity index (χ1n) is 9.08. The highest BCUT2D eigenvalue weighted by Crippen LogP contribution is 2.55. The zero-order valence-corrected chi connectivity index (χ0v) is 14.1. The summed E-state index contributed by atoms with van der Waals surface area (Å²) in [5, 5.41) is 20.8. The molecule has 1 saturated carbocycles. The molecule has 0 amide bonds. The van der Waals surface area contributed by atoms with Crippen molar-refractivity contribution >= 4 is 0 Å². The van der Waals surface area contributed by atoms with E-state index in [9.17, 15) is 10.2 Å². The lowest BCUT2D eigenvalue weighted by atomic mass is 9.52. The van der Waals surface area contributed by atoms with Gasteiger partial charge in [0.2, 0.25) is 0 Å². The molecule has 22 heavy (non-hydrogen) atoms. The Morgan fingerprint density at radius 3 is 2.64 bits per heavy atom. The minimum Gasteiger partial charge on any atom is -0.508 e. The number of aliphatic hydroxyl groups is 1. The third kappa shape index (κ3) is 2.56. The lowest BCUT2D eigenvalue weighted by Gasteiger charge is -2.53. The molecule has 0 aromatic heterocycles. The maximum atomic E-state index is 10.9. The highest BCUT2D eigenvalue weighted by atomic mass is 16.3. The molecule has 2 aliphatic rings. The molecule has 0 spiro atoms. The Morgan fingerprint density at radius 1 is 1.14 bits per heavy atom. The molecule has 1 aromatic rings. The molecule has 2 heteroatoms. The summed E-state index contributed by atoms with van der Waals surface area (Å²) < 4.78 is 0. The van der Waals surface area contributed by atoms with Crippen LogP contribution in [-0.2, 0) is 11.8 Å². The van der Waals surface area contributed by atoms with E-state index in [1.54, 1.807) is 0 Å². The molecule has 2 nitrogen and oxygen atoms in total. The molecule has 0 saturated heterocycles. The molecule has 0 bridgehead atoms. The van der Waals surface area contributed by atoms with Crippen LogP contribution < -0.4 is 0 Å². The van der Waals surface area contributed by atoms with Crippen molar-refractivity contribution in [1.82, 2.24) is 0 Å². The third-order valence-electron chi connectivity index (χ3n) is 6.24. The van der Waals surface area contributed by atoms with Crippen LogP contribution in [0.15, 0.2) is 18.2 Å². The summed E-state index contributed by atoms with van der Waals surface area (Å²) in [7, 11) is 0. The van der Waals surface area contributed by atoms with Gasteiger partial charge in [-0.05, 0) is 79.5 Å². The molecule has 1 fully saturated rings. The molecule has 2 aliphatic carbocycles. The largest absolute Gasteiger partial charge is 0.508 e. The molecule has 3 atom stereocenters. The molecular formula is C20H30O2. The molecule has 0 unspecified atom stereocenters. The molecule has 1 aromatic carbocycles. The van der Waals surface area contributed by atoms with Crippen molar-refractivity contribution in [1.29, 1.82) is 0 Å². The van der Waals surface area contributed by atoms with Gasteiger partial charge >= 0.3 is 0 Å². The summed E-state index contributed by atoms with van der Waals surface area (Å²) in [5.74, 6) is 0.983. The number of hydrogen-bond acceptors (Lipinski definition) is 2. The Bertz CT molecular complexity index is 539. The number of phenols is 1. The number of aryl methyl sites for hydroxylation is 1. The van der Waals surface area contributed by atoms with Gasteiger partial charge in [0.1, 0.15) is 5.75 Å².